The molecule has 0 aromatic carbocycles. The fraction of sp³-hybridized carbons (Fsp3) is 0.600. The van der Waals surface area contributed by atoms with Crippen LogP contribution in [0.15, 0.2) is 36.0 Å². The maximum atomic E-state index is 4.33. The van der Waals surface area contributed by atoms with Crippen LogP contribution in [0.2, 0.25) is 0 Å². The Kier molecular flexibility index (Phi) is 2.41. The molecule has 0 unspecified atom stereocenters. The Morgan fingerprint density at radius 3 is 2.60 bits per heavy atom. The van der Waals surface area contributed by atoms with Crippen molar-refractivity contribution in [3.8, 4) is 0 Å². The van der Waals surface area contributed by atoms with Crippen molar-refractivity contribution in [2.75, 3.05) is 0 Å². The first-order valence-corrected chi connectivity index (χ1v) is 5.99. The van der Waals surface area contributed by atoms with Crippen LogP contribution in [0.3, 0.4) is 0 Å². The molecular formula is C15H22. The maximum Gasteiger partial charge on any atom is 0.00354 e. The largest absolute Gasteiger partial charge is 0.0989 e. The van der Waals surface area contributed by atoms with Gasteiger partial charge in [0, 0.05) is 5.41 Å². The van der Waals surface area contributed by atoms with E-state index in [4.69, 9.17) is 0 Å². The molecule has 0 fully saturated rings. The van der Waals surface area contributed by atoms with E-state index in [-0.39, 0.29) is 5.41 Å². The molecule has 0 aromatic heterocycles. The van der Waals surface area contributed by atoms with E-state index in [2.05, 4.69) is 45.6 Å². The van der Waals surface area contributed by atoms with Crippen molar-refractivity contribution in [3.05, 3.63) is 36.0 Å². The second kappa shape index (κ2) is 3.37. The van der Waals surface area contributed by atoms with Gasteiger partial charge in [0.05, 0.1) is 0 Å². The summed E-state index contributed by atoms with van der Waals surface area (Å²) in [6.07, 6.45) is 11.9. The first kappa shape index (κ1) is 10.7. The van der Waals surface area contributed by atoms with Gasteiger partial charge in [-0.1, -0.05) is 49.8 Å². The van der Waals surface area contributed by atoms with Gasteiger partial charge in [-0.3, -0.25) is 0 Å². The number of rotatable bonds is 0. The Labute approximate surface area is 93.8 Å². The van der Waals surface area contributed by atoms with Crippen molar-refractivity contribution >= 4 is 0 Å². The highest BCUT2D eigenvalue weighted by Crippen LogP contribution is 2.57. The van der Waals surface area contributed by atoms with Crippen molar-refractivity contribution < 1.29 is 0 Å². The van der Waals surface area contributed by atoms with E-state index >= 15 is 0 Å². The van der Waals surface area contributed by atoms with Crippen LogP contribution in [0, 0.1) is 10.8 Å². The predicted molar refractivity (Wildman–Crippen MR) is 66.7 cm³/mol. The van der Waals surface area contributed by atoms with Gasteiger partial charge in [-0.2, -0.15) is 0 Å². The highest BCUT2D eigenvalue weighted by Gasteiger charge is 2.46. The summed E-state index contributed by atoms with van der Waals surface area (Å²) in [6, 6.07) is 0. The van der Waals surface area contributed by atoms with Gasteiger partial charge >= 0.3 is 0 Å². The van der Waals surface area contributed by atoms with Crippen molar-refractivity contribution in [2.45, 2.75) is 46.5 Å². The molecule has 0 saturated heterocycles. The predicted octanol–water partition coefficient (Wildman–Crippen LogP) is 4.65. The molecule has 0 radical (unpaired) electrons. The lowest BCUT2D eigenvalue weighted by Crippen LogP contribution is -2.40. The van der Waals surface area contributed by atoms with Crippen LogP contribution in [0.1, 0.15) is 46.5 Å². The Morgan fingerprint density at radius 2 is 2.07 bits per heavy atom. The molecule has 0 N–H and O–H groups in total. The molecule has 0 heterocycles. The van der Waals surface area contributed by atoms with Crippen molar-refractivity contribution in [2.24, 2.45) is 10.8 Å². The topological polar surface area (TPSA) is 0 Å². The second-order valence-corrected chi connectivity index (χ2v) is 5.77. The van der Waals surface area contributed by atoms with Gasteiger partial charge in [0.15, 0.2) is 0 Å². The summed E-state index contributed by atoms with van der Waals surface area (Å²) in [5, 5.41) is 0. The Balaban J connectivity index is 2.41. The monoisotopic (exact) mass is 202 g/mol. The molecule has 82 valence electrons. The molecule has 1 spiro atoms. The zero-order chi connectivity index (χ0) is 11.1. The van der Waals surface area contributed by atoms with Crippen molar-refractivity contribution in [1.82, 2.24) is 0 Å². The highest BCUT2D eigenvalue weighted by atomic mass is 14.5. The van der Waals surface area contributed by atoms with Crippen LogP contribution < -0.4 is 0 Å². The molecule has 0 nitrogen and oxygen atoms in total. The first-order chi connectivity index (χ1) is 6.98. The number of hydrogen-bond donors (Lipinski definition) is 0. The molecule has 0 bridgehead atoms. The fourth-order valence-corrected chi connectivity index (χ4v) is 3.18. The molecule has 15 heavy (non-hydrogen) atoms. The third kappa shape index (κ3) is 1.51. The average molecular weight is 202 g/mol. The van der Waals surface area contributed by atoms with Gasteiger partial charge in [0.25, 0.3) is 0 Å². The zero-order valence-corrected chi connectivity index (χ0v) is 10.3. The van der Waals surface area contributed by atoms with E-state index in [0.29, 0.717) is 5.41 Å². The molecule has 2 aliphatic carbocycles. The van der Waals surface area contributed by atoms with E-state index in [1.807, 2.05) is 0 Å². The standard InChI is InChI=1S/C15H22/c1-12-7-10-15(11-8-12)13(2)6-5-9-14(15,3)4/h5,7,9H,2,6,8,10-11H2,1,3-4H3/t15-/m1/s1. The summed E-state index contributed by atoms with van der Waals surface area (Å²) in [4.78, 5) is 0. The Bertz CT molecular complexity index is 341. The van der Waals surface area contributed by atoms with Gasteiger partial charge in [-0.15, -0.1) is 0 Å². The Hall–Kier alpha value is -0.780. The number of allylic oxidation sites excluding steroid dienone is 5. The SMILES string of the molecule is C=C1CC=CC(C)(C)[C@@]12CC=C(C)CC2. The smallest absolute Gasteiger partial charge is 0.00354 e. The fourth-order valence-electron chi connectivity index (χ4n) is 3.18. The molecular weight excluding hydrogens is 180 g/mol. The molecule has 0 heteroatoms. The average Bonchev–Trinajstić information content (AvgIpc) is 2.16. The lowest BCUT2D eigenvalue weighted by atomic mass is 9.53. The van der Waals surface area contributed by atoms with Crippen LogP contribution in [0.25, 0.3) is 0 Å². The van der Waals surface area contributed by atoms with E-state index < -0.39 is 0 Å². The lowest BCUT2D eigenvalue weighted by Gasteiger charge is -2.50. The summed E-state index contributed by atoms with van der Waals surface area (Å²) in [6.45, 7) is 11.3. The zero-order valence-electron chi connectivity index (χ0n) is 10.3. The van der Waals surface area contributed by atoms with Gasteiger partial charge < -0.3 is 0 Å². The molecule has 0 aromatic rings. The molecule has 0 aliphatic heterocycles. The van der Waals surface area contributed by atoms with Crippen LogP contribution in [-0.2, 0) is 0 Å². The minimum atomic E-state index is 0.277. The highest BCUT2D eigenvalue weighted by molar-refractivity contribution is 5.30. The van der Waals surface area contributed by atoms with Crippen LogP contribution in [-0.4, -0.2) is 0 Å². The third-order valence-corrected chi connectivity index (χ3v) is 4.55. The minimum absolute atomic E-state index is 0.277. The summed E-state index contributed by atoms with van der Waals surface area (Å²) in [5.41, 5.74) is 3.61. The van der Waals surface area contributed by atoms with Crippen LogP contribution in [0.5, 0.6) is 0 Å². The number of hydrogen-bond acceptors (Lipinski definition) is 0. The van der Waals surface area contributed by atoms with E-state index in [9.17, 15) is 0 Å². The molecule has 2 aliphatic rings. The van der Waals surface area contributed by atoms with Crippen molar-refractivity contribution in [3.63, 3.8) is 0 Å². The first-order valence-electron chi connectivity index (χ1n) is 5.99. The molecule has 0 amide bonds. The molecule has 1 atom stereocenters. The van der Waals surface area contributed by atoms with Gasteiger partial charge in [-0.05, 0) is 38.0 Å². The molecule has 2 rings (SSSR count). The van der Waals surface area contributed by atoms with Gasteiger partial charge in [0.1, 0.15) is 0 Å². The van der Waals surface area contributed by atoms with Crippen molar-refractivity contribution in [1.29, 1.82) is 0 Å². The Morgan fingerprint density at radius 1 is 1.33 bits per heavy atom. The minimum Gasteiger partial charge on any atom is -0.0989 e. The quantitative estimate of drug-likeness (QED) is 0.502. The summed E-state index contributed by atoms with van der Waals surface area (Å²) in [5.74, 6) is 0. The summed E-state index contributed by atoms with van der Waals surface area (Å²) >= 11 is 0. The van der Waals surface area contributed by atoms with Crippen LogP contribution >= 0.6 is 0 Å². The normalized spacial score (nSPS) is 34.3. The second-order valence-electron chi connectivity index (χ2n) is 5.77. The third-order valence-electron chi connectivity index (χ3n) is 4.55. The van der Waals surface area contributed by atoms with Crippen LogP contribution in [0.4, 0.5) is 0 Å². The molecule has 0 saturated carbocycles. The lowest BCUT2D eigenvalue weighted by molar-refractivity contribution is 0.135. The summed E-state index contributed by atoms with van der Waals surface area (Å²) < 4.78 is 0. The van der Waals surface area contributed by atoms with Gasteiger partial charge in [0.2, 0.25) is 0 Å². The van der Waals surface area contributed by atoms with E-state index in [1.165, 1.54) is 24.8 Å². The van der Waals surface area contributed by atoms with E-state index in [1.54, 1.807) is 5.57 Å². The van der Waals surface area contributed by atoms with Gasteiger partial charge in [-0.25, -0.2) is 0 Å². The van der Waals surface area contributed by atoms with E-state index in [0.717, 1.165) is 6.42 Å². The maximum absolute atomic E-state index is 4.33. The summed E-state index contributed by atoms with van der Waals surface area (Å²) in [7, 11) is 0.